The van der Waals surface area contributed by atoms with Gasteiger partial charge in [-0.3, -0.25) is 4.79 Å². The van der Waals surface area contributed by atoms with E-state index >= 15 is 0 Å². The van der Waals surface area contributed by atoms with E-state index in [2.05, 4.69) is 44.7 Å². The SMILES string of the molecule is O=C(Nc1ccccc1)c1ccc(N2CCc3ccccc3C2)nn1. The predicted octanol–water partition coefficient (Wildman–Crippen LogP) is 3.29. The lowest BCUT2D eigenvalue weighted by molar-refractivity contribution is 0.102. The Morgan fingerprint density at radius 3 is 2.40 bits per heavy atom. The number of nitrogens with one attached hydrogen (secondary N) is 1. The van der Waals surface area contributed by atoms with Crippen LogP contribution in [-0.4, -0.2) is 22.6 Å². The van der Waals surface area contributed by atoms with E-state index in [4.69, 9.17) is 0 Å². The van der Waals surface area contributed by atoms with Crippen molar-refractivity contribution in [1.82, 2.24) is 10.2 Å². The van der Waals surface area contributed by atoms with Crippen molar-refractivity contribution in [2.75, 3.05) is 16.8 Å². The fraction of sp³-hybridized carbons (Fsp3) is 0.150. The molecule has 5 heteroatoms. The van der Waals surface area contributed by atoms with Gasteiger partial charge in [0.1, 0.15) is 0 Å². The lowest BCUT2D eigenvalue weighted by Gasteiger charge is -2.29. The van der Waals surface area contributed by atoms with Gasteiger partial charge in [-0.1, -0.05) is 42.5 Å². The summed E-state index contributed by atoms with van der Waals surface area (Å²) in [5.74, 6) is 0.542. The van der Waals surface area contributed by atoms with E-state index in [1.165, 1.54) is 11.1 Å². The average Bonchev–Trinajstić information content (AvgIpc) is 2.68. The first-order valence-electron chi connectivity index (χ1n) is 8.31. The number of benzene rings is 2. The van der Waals surface area contributed by atoms with Crippen molar-refractivity contribution < 1.29 is 4.79 Å². The van der Waals surface area contributed by atoms with Crippen LogP contribution in [0.3, 0.4) is 0 Å². The number of hydrogen-bond acceptors (Lipinski definition) is 4. The third-order valence-electron chi connectivity index (χ3n) is 4.37. The summed E-state index contributed by atoms with van der Waals surface area (Å²) in [5, 5.41) is 11.2. The highest BCUT2D eigenvalue weighted by Crippen LogP contribution is 2.22. The van der Waals surface area contributed by atoms with Crippen LogP contribution in [0, 0.1) is 0 Å². The smallest absolute Gasteiger partial charge is 0.276 e. The molecule has 5 nitrogen and oxygen atoms in total. The van der Waals surface area contributed by atoms with Gasteiger partial charge in [0.2, 0.25) is 0 Å². The molecule has 4 rings (SSSR count). The van der Waals surface area contributed by atoms with Gasteiger partial charge >= 0.3 is 0 Å². The summed E-state index contributed by atoms with van der Waals surface area (Å²) in [6, 6.07) is 21.4. The molecule has 124 valence electrons. The second-order valence-electron chi connectivity index (χ2n) is 6.04. The van der Waals surface area contributed by atoms with Crippen LogP contribution in [0.15, 0.2) is 66.7 Å². The minimum absolute atomic E-state index is 0.255. The Bertz CT molecular complexity index is 878. The summed E-state index contributed by atoms with van der Waals surface area (Å²) in [5.41, 5.74) is 3.77. The molecule has 1 aliphatic rings. The molecule has 0 saturated carbocycles. The van der Waals surface area contributed by atoms with Crippen LogP contribution < -0.4 is 10.2 Å². The molecule has 1 aromatic heterocycles. The minimum Gasteiger partial charge on any atom is -0.350 e. The average molecular weight is 330 g/mol. The van der Waals surface area contributed by atoms with Gasteiger partial charge < -0.3 is 10.2 Å². The summed E-state index contributed by atoms with van der Waals surface area (Å²) in [6.45, 7) is 1.72. The summed E-state index contributed by atoms with van der Waals surface area (Å²) in [7, 11) is 0. The number of anilines is 2. The van der Waals surface area contributed by atoms with Gasteiger partial charge in [0.15, 0.2) is 11.5 Å². The summed E-state index contributed by atoms with van der Waals surface area (Å²) in [4.78, 5) is 14.4. The van der Waals surface area contributed by atoms with Crippen molar-refractivity contribution in [3.63, 3.8) is 0 Å². The first-order chi connectivity index (χ1) is 12.3. The summed E-state index contributed by atoms with van der Waals surface area (Å²) < 4.78 is 0. The third-order valence-corrected chi connectivity index (χ3v) is 4.37. The lowest BCUT2D eigenvalue weighted by atomic mass is 10.00. The van der Waals surface area contributed by atoms with E-state index in [1.807, 2.05) is 36.4 Å². The molecule has 0 saturated heterocycles. The summed E-state index contributed by atoms with van der Waals surface area (Å²) in [6.07, 6.45) is 0.994. The molecule has 0 spiro atoms. The van der Waals surface area contributed by atoms with E-state index < -0.39 is 0 Å². The fourth-order valence-electron chi connectivity index (χ4n) is 3.02. The zero-order valence-electron chi connectivity index (χ0n) is 13.7. The zero-order chi connectivity index (χ0) is 17.1. The van der Waals surface area contributed by atoms with Gasteiger partial charge in [0.25, 0.3) is 5.91 Å². The molecule has 0 unspecified atom stereocenters. The number of rotatable bonds is 3. The first-order valence-corrected chi connectivity index (χ1v) is 8.31. The van der Waals surface area contributed by atoms with Crippen molar-refractivity contribution in [2.45, 2.75) is 13.0 Å². The molecule has 0 atom stereocenters. The Morgan fingerprint density at radius 1 is 0.880 bits per heavy atom. The largest absolute Gasteiger partial charge is 0.350 e. The molecular formula is C20H18N4O. The Hall–Kier alpha value is -3.21. The lowest BCUT2D eigenvalue weighted by Crippen LogP contribution is -2.31. The normalized spacial score (nSPS) is 13.2. The van der Waals surface area contributed by atoms with E-state index in [1.54, 1.807) is 6.07 Å². The van der Waals surface area contributed by atoms with E-state index in [-0.39, 0.29) is 5.91 Å². The predicted molar refractivity (Wildman–Crippen MR) is 97.6 cm³/mol. The van der Waals surface area contributed by atoms with Crippen LogP contribution in [0.2, 0.25) is 0 Å². The van der Waals surface area contributed by atoms with Crippen molar-refractivity contribution in [3.05, 3.63) is 83.6 Å². The zero-order valence-corrected chi connectivity index (χ0v) is 13.7. The third kappa shape index (κ3) is 3.35. The van der Waals surface area contributed by atoms with Crippen LogP contribution >= 0.6 is 0 Å². The van der Waals surface area contributed by atoms with Gasteiger partial charge in [-0.2, -0.15) is 0 Å². The van der Waals surface area contributed by atoms with Gasteiger partial charge in [0.05, 0.1) is 0 Å². The number of aromatic nitrogens is 2. The molecule has 1 aliphatic heterocycles. The standard InChI is InChI=1S/C20H18N4O/c25-20(21-17-8-2-1-3-9-17)18-10-11-19(23-22-18)24-13-12-15-6-4-5-7-16(15)14-24/h1-11H,12-14H2,(H,21,25). The Kier molecular flexibility index (Phi) is 4.12. The fourth-order valence-corrected chi connectivity index (χ4v) is 3.02. The van der Waals surface area contributed by atoms with E-state index in [9.17, 15) is 4.79 Å². The van der Waals surface area contributed by atoms with Crippen molar-refractivity contribution >= 4 is 17.4 Å². The number of para-hydroxylation sites is 1. The quantitative estimate of drug-likeness (QED) is 0.800. The van der Waals surface area contributed by atoms with Gasteiger partial charge in [-0.15, -0.1) is 10.2 Å². The molecule has 25 heavy (non-hydrogen) atoms. The Morgan fingerprint density at radius 2 is 1.64 bits per heavy atom. The van der Waals surface area contributed by atoms with Crippen molar-refractivity contribution in [2.24, 2.45) is 0 Å². The molecule has 1 N–H and O–H groups in total. The monoisotopic (exact) mass is 330 g/mol. The number of hydrogen-bond donors (Lipinski definition) is 1. The molecule has 0 fully saturated rings. The number of amides is 1. The van der Waals surface area contributed by atoms with Crippen molar-refractivity contribution in [3.8, 4) is 0 Å². The highest BCUT2D eigenvalue weighted by Gasteiger charge is 2.18. The maximum atomic E-state index is 12.2. The van der Waals surface area contributed by atoms with Crippen LogP contribution in [0.5, 0.6) is 0 Å². The molecule has 0 radical (unpaired) electrons. The molecule has 2 heterocycles. The molecule has 2 aromatic carbocycles. The topological polar surface area (TPSA) is 58.1 Å². The number of carbonyl (C=O) groups excluding carboxylic acids is 1. The number of nitrogens with zero attached hydrogens (tertiary/aromatic N) is 3. The van der Waals surface area contributed by atoms with Crippen LogP contribution in [0.4, 0.5) is 11.5 Å². The van der Waals surface area contributed by atoms with Gasteiger partial charge in [-0.25, -0.2) is 0 Å². The molecular weight excluding hydrogens is 312 g/mol. The Labute approximate surface area is 146 Å². The maximum Gasteiger partial charge on any atom is 0.276 e. The molecule has 0 bridgehead atoms. The Balaban J connectivity index is 1.46. The number of fused-ring (bicyclic) bond motifs is 1. The maximum absolute atomic E-state index is 12.2. The first kappa shape index (κ1) is 15.3. The summed E-state index contributed by atoms with van der Waals surface area (Å²) >= 11 is 0. The van der Waals surface area contributed by atoms with Crippen LogP contribution in [0.25, 0.3) is 0 Å². The number of carbonyl (C=O) groups is 1. The van der Waals surface area contributed by atoms with Crippen LogP contribution in [0.1, 0.15) is 21.6 Å². The van der Waals surface area contributed by atoms with E-state index in [0.717, 1.165) is 31.0 Å². The van der Waals surface area contributed by atoms with Crippen LogP contribution in [-0.2, 0) is 13.0 Å². The molecule has 0 aliphatic carbocycles. The second kappa shape index (κ2) is 6.73. The molecule has 3 aromatic rings. The van der Waals surface area contributed by atoms with Gasteiger partial charge in [0, 0.05) is 18.8 Å². The van der Waals surface area contributed by atoms with Gasteiger partial charge in [-0.05, 0) is 41.8 Å². The van der Waals surface area contributed by atoms with E-state index in [0.29, 0.717) is 5.69 Å². The highest BCUT2D eigenvalue weighted by atomic mass is 16.1. The molecule has 1 amide bonds. The minimum atomic E-state index is -0.255. The second-order valence-corrected chi connectivity index (χ2v) is 6.04. The van der Waals surface area contributed by atoms with Crippen molar-refractivity contribution in [1.29, 1.82) is 0 Å². The highest BCUT2D eigenvalue weighted by molar-refractivity contribution is 6.02.